The number of rotatable bonds is 11. The third kappa shape index (κ3) is 6.42. The fourth-order valence-electron chi connectivity index (χ4n) is 7.83. The second kappa shape index (κ2) is 14.5. The van der Waals surface area contributed by atoms with Crippen molar-refractivity contribution < 1.29 is 19.4 Å². The first-order valence-electron chi connectivity index (χ1n) is 18.6. The summed E-state index contributed by atoms with van der Waals surface area (Å²) in [5.41, 5.74) is 8.83. The van der Waals surface area contributed by atoms with Gasteiger partial charge in [0.15, 0.2) is 5.60 Å². The van der Waals surface area contributed by atoms with Crippen molar-refractivity contribution in [2.24, 2.45) is 0 Å². The Balaban J connectivity index is 0.959. The standard InChI is InChI=1S/C46H43N3O5/c1-4-37(31-12-8-6-9-13-31)42(32-14-10-7-11-15-32)33-18-20-36(21-19-33)53-23-22-48(3)27-30-16-17-34-25-35-28-49-41(43(35)47-40(34)24-30)26-39-38(44(49)50)29-54-45(51)46(39,52)5-2/h6-21,24-26,52H,4-5,22-23,27-29H2,1-3H3/b42-37-/t46-/m0/s1. The van der Waals surface area contributed by atoms with Crippen LogP contribution in [0, 0.1) is 0 Å². The Hall–Kier alpha value is -5.83. The first-order valence-corrected chi connectivity index (χ1v) is 18.6. The molecule has 0 aliphatic carbocycles. The van der Waals surface area contributed by atoms with Crippen LogP contribution < -0.4 is 10.3 Å². The predicted molar refractivity (Wildman–Crippen MR) is 212 cm³/mol. The summed E-state index contributed by atoms with van der Waals surface area (Å²) >= 11 is 0. The van der Waals surface area contributed by atoms with E-state index < -0.39 is 11.6 Å². The number of aliphatic hydroxyl groups is 1. The molecule has 0 amide bonds. The van der Waals surface area contributed by atoms with Crippen molar-refractivity contribution in [3.63, 3.8) is 0 Å². The largest absolute Gasteiger partial charge is 0.492 e. The molecule has 2 aliphatic rings. The average molecular weight is 718 g/mol. The highest BCUT2D eigenvalue weighted by atomic mass is 16.6. The maximum atomic E-state index is 13.5. The predicted octanol–water partition coefficient (Wildman–Crippen LogP) is 7.96. The lowest BCUT2D eigenvalue weighted by Crippen LogP contribution is -2.44. The molecule has 1 N–H and O–H groups in total. The van der Waals surface area contributed by atoms with E-state index in [1.807, 2.05) is 0 Å². The van der Waals surface area contributed by atoms with Crippen molar-refractivity contribution in [2.45, 2.75) is 52.0 Å². The van der Waals surface area contributed by atoms with Crippen molar-refractivity contribution in [3.05, 3.63) is 165 Å². The van der Waals surface area contributed by atoms with E-state index >= 15 is 0 Å². The minimum absolute atomic E-state index is 0.107. The normalized spacial score (nSPS) is 16.4. The molecule has 8 nitrogen and oxygen atoms in total. The number of allylic oxidation sites excluding steroid dienone is 1. The summed E-state index contributed by atoms with van der Waals surface area (Å²) < 4.78 is 13.1. The van der Waals surface area contributed by atoms with Gasteiger partial charge in [-0.1, -0.05) is 98.8 Å². The number of nitrogens with zero attached hydrogens (tertiary/aromatic N) is 3. The van der Waals surface area contributed by atoms with Gasteiger partial charge in [-0.2, -0.15) is 0 Å². The van der Waals surface area contributed by atoms with Crippen LogP contribution in [0.4, 0.5) is 0 Å². The Labute approximate surface area is 315 Å². The second-order valence-electron chi connectivity index (χ2n) is 14.2. The monoisotopic (exact) mass is 717 g/mol. The smallest absolute Gasteiger partial charge is 0.343 e. The highest BCUT2D eigenvalue weighted by Gasteiger charge is 2.45. The van der Waals surface area contributed by atoms with Crippen LogP contribution in [0.25, 0.3) is 33.4 Å². The van der Waals surface area contributed by atoms with Gasteiger partial charge in [0.2, 0.25) is 0 Å². The SMILES string of the molecule is CC/C(=C(\c1ccccc1)c1ccc(OCCN(C)Cc2ccc3cc4c(nc3c2)-c2cc3c(c(=O)n2C4)COC(=O)[C@]3(O)CC)cc1)c1ccccc1. The number of esters is 1. The summed E-state index contributed by atoms with van der Waals surface area (Å²) in [6, 6.07) is 39.7. The Morgan fingerprint density at radius 2 is 1.59 bits per heavy atom. The van der Waals surface area contributed by atoms with Gasteiger partial charge >= 0.3 is 5.97 Å². The quantitative estimate of drug-likeness (QED) is 0.107. The molecular formula is C46H43N3O5. The summed E-state index contributed by atoms with van der Waals surface area (Å²) in [5.74, 6) is 0.106. The molecule has 0 bridgehead atoms. The molecule has 1 atom stereocenters. The van der Waals surface area contributed by atoms with Crippen LogP contribution in [0.15, 0.2) is 120 Å². The average Bonchev–Trinajstić information content (AvgIpc) is 3.56. The number of carbonyl (C=O) groups excluding carboxylic acids is 1. The number of hydrogen-bond acceptors (Lipinski definition) is 7. The topological polar surface area (TPSA) is 93.9 Å². The van der Waals surface area contributed by atoms with E-state index in [2.05, 4.69) is 128 Å². The molecule has 0 radical (unpaired) electrons. The van der Waals surface area contributed by atoms with Crippen LogP contribution >= 0.6 is 0 Å². The van der Waals surface area contributed by atoms with Crippen molar-refractivity contribution in [1.29, 1.82) is 0 Å². The summed E-state index contributed by atoms with van der Waals surface area (Å²) in [4.78, 5) is 33.3. The first-order chi connectivity index (χ1) is 26.3. The summed E-state index contributed by atoms with van der Waals surface area (Å²) in [6.45, 7) is 6.12. The molecule has 0 spiro atoms. The van der Waals surface area contributed by atoms with Gasteiger partial charge in [-0.25, -0.2) is 9.78 Å². The van der Waals surface area contributed by atoms with Crippen molar-refractivity contribution >= 4 is 28.0 Å². The Morgan fingerprint density at radius 3 is 2.30 bits per heavy atom. The fraction of sp³-hybridized carbons (Fsp3) is 0.239. The maximum absolute atomic E-state index is 13.5. The van der Waals surface area contributed by atoms with E-state index in [-0.39, 0.29) is 18.6 Å². The van der Waals surface area contributed by atoms with Gasteiger partial charge in [-0.3, -0.25) is 9.69 Å². The molecular weight excluding hydrogens is 675 g/mol. The lowest BCUT2D eigenvalue weighted by molar-refractivity contribution is -0.172. The molecule has 4 aromatic carbocycles. The highest BCUT2D eigenvalue weighted by Crippen LogP contribution is 2.39. The van der Waals surface area contributed by atoms with Crippen molar-refractivity contribution in [2.75, 3.05) is 20.2 Å². The highest BCUT2D eigenvalue weighted by molar-refractivity contribution is 5.98. The number of aromatic nitrogens is 2. The number of carbonyl (C=O) groups is 1. The lowest BCUT2D eigenvalue weighted by Gasteiger charge is -2.31. The van der Waals surface area contributed by atoms with Crippen molar-refractivity contribution in [1.82, 2.24) is 14.5 Å². The van der Waals surface area contributed by atoms with Crippen LogP contribution in [0.5, 0.6) is 5.75 Å². The second-order valence-corrected chi connectivity index (χ2v) is 14.2. The summed E-state index contributed by atoms with van der Waals surface area (Å²) in [7, 11) is 2.07. The summed E-state index contributed by atoms with van der Waals surface area (Å²) in [5, 5.41) is 12.2. The van der Waals surface area contributed by atoms with Crippen LogP contribution in [0.2, 0.25) is 0 Å². The molecule has 8 heteroatoms. The Morgan fingerprint density at radius 1 is 0.889 bits per heavy atom. The minimum atomic E-state index is -1.85. The number of cyclic esters (lactones) is 1. The third-order valence-corrected chi connectivity index (χ3v) is 10.8. The molecule has 6 aromatic rings. The molecule has 8 rings (SSSR count). The molecule has 4 heterocycles. The number of hydrogen-bond donors (Lipinski definition) is 1. The van der Waals surface area contributed by atoms with E-state index in [9.17, 15) is 14.7 Å². The van der Waals surface area contributed by atoms with Gasteiger partial charge in [0.25, 0.3) is 5.56 Å². The number of pyridine rings is 2. The minimum Gasteiger partial charge on any atom is -0.492 e. The Bertz CT molecular complexity index is 2460. The van der Waals surface area contributed by atoms with Gasteiger partial charge in [0.1, 0.15) is 19.0 Å². The molecule has 0 saturated carbocycles. The molecule has 2 aromatic heterocycles. The number of fused-ring (bicyclic) bond motifs is 5. The lowest BCUT2D eigenvalue weighted by atomic mass is 9.86. The van der Waals surface area contributed by atoms with E-state index in [4.69, 9.17) is 14.5 Å². The van der Waals surface area contributed by atoms with E-state index in [1.165, 1.54) is 22.3 Å². The molecule has 0 fully saturated rings. The molecule has 0 saturated heterocycles. The number of ether oxygens (including phenoxy) is 2. The van der Waals surface area contributed by atoms with E-state index in [0.29, 0.717) is 42.2 Å². The van der Waals surface area contributed by atoms with Crippen LogP contribution in [-0.4, -0.2) is 45.7 Å². The third-order valence-electron chi connectivity index (χ3n) is 10.8. The van der Waals surface area contributed by atoms with Crippen molar-refractivity contribution in [3.8, 4) is 17.1 Å². The zero-order valence-electron chi connectivity index (χ0n) is 30.8. The van der Waals surface area contributed by atoms with Gasteiger partial charge in [-0.15, -0.1) is 0 Å². The van der Waals surface area contributed by atoms with Gasteiger partial charge < -0.3 is 19.1 Å². The van der Waals surface area contributed by atoms with Gasteiger partial charge in [0, 0.05) is 29.6 Å². The fourth-order valence-corrected chi connectivity index (χ4v) is 7.83. The van der Waals surface area contributed by atoms with Gasteiger partial charge in [0.05, 0.1) is 29.0 Å². The molecule has 0 unspecified atom stereocenters. The first kappa shape index (κ1) is 35.2. The molecule has 272 valence electrons. The van der Waals surface area contributed by atoms with E-state index in [0.717, 1.165) is 46.3 Å². The van der Waals surface area contributed by atoms with Crippen LogP contribution in [0.3, 0.4) is 0 Å². The van der Waals surface area contributed by atoms with Crippen LogP contribution in [0.1, 0.15) is 65.6 Å². The molecule has 2 aliphatic heterocycles. The zero-order valence-corrected chi connectivity index (χ0v) is 30.8. The van der Waals surface area contributed by atoms with Crippen LogP contribution in [-0.2, 0) is 34.8 Å². The number of likely N-dealkylation sites (N-methyl/N-ethyl adjacent to an activating group) is 1. The number of benzene rings is 4. The zero-order chi connectivity index (χ0) is 37.4. The van der Waals surface area contributed by atoms with Gasteiger partial charge in [-0.05, 0) is 83.6 Å². The summed E-state index contributed by atoms with van der Waals surface area (Å²) in [6.07, 6.45) is 1.02. The van der Waals surface area contributed by atoms with E-state index in [1.54, 1.807) is 17.6 Å². The Kier molecular flexibility index (Phi) is 9.48. The molecule has 54 heavy (non-hydrogen) atoms. The maximum Gasteiger partial charge on any atom is 0.343 e.